The maximum atomic E-state index is 13.7. The fraction of sp³-hybridized carbons (Fsp3) is 0.500. The molecule has 2 fully saturated rings. The Labute approximate surface area is 275 Å². The van der Waals surface area contributed by atoms with Crippen LogP contribution < -0.4 is 14.5 Å². The Balaban J connectivity index is 1.27. The zero-order valence-electron chi connectivity index (χ0n) is 27.1. The molecule has 9 nitrogen and oxygen atoms in total. The minimum Gasteiger partial charge on any atom is -0.461 e. The molecule has 1 saturated heterocycles. The van der Waals surface area contributed by atoms with E-state index in [4.69, 9.17) is 26.0 Å². The van der Waals surface area contributed by atoms with Crippen molar-refractivity contribution < 1.29 is 23.0 Å². The van der Waals surface area contributed by atoms with Crippen molar-refractivity contribution in [2.24, 2.45) is 0 Å². The summed E-state index contributed by atoms with van der Waals surface area (Å²) in [5, 5.41) is 2.41. The number of ether oxygens (including phenoxy) is 2. The summed E-state index contributed by atoms with van der Waals surface area (Å²) >= 11 is 0. The van der Waals surface area contributed by atoms with Gasteiger partial charge in [-0.05, 0) is 56.2 Å². The number of nitrogens with zero attached hydrogens (tertiary/aromatic N) is 6. The number of carbonyl (C=O) groups excluding carboxylic acids is 1. The number of aromatic nitrogens is 2. The fourth-order valence-electron chi connectivity index (χ4n) is 7.12. The molecule has 0 N–H and O–H groups in total. The Morgan fingerprint density at radius 1 is 1.15 bits per heavy atom. The van der Waals surface area contributed by atoms with Gasteiger partial charge in [-0.1, -0.05) is 36.9 Å². The van der Waals surface area contributed by atoms with E-state index in [1.54, 1.807) is 4.90 Å². The molecule has 2 aliphatic heterocycles. The first-order valence-electron chi connectivity index (χ1n) is 16.5. The number of halogens is 2. The minimum atomic E-state index is -2.61. The number of rotatable bonds is 9. The van der Waals surface area contributed by atoms with Crippen molar-refractivity contribution in [2.45, 2.75) is 76.7 Å². The van der Waals surface area contributed by atoms with Crippen molar-refractivity contribution in [1.29, 1.82) is 0 Å². The van der Waals surface area contributed by atoms with Gasteiger partial charge in [-0.2, -0.15) is 9.97 Å². The average Bonchev–Trinajstić information content (AvgIpc) is 3.07. The van der Waals surface area contributed by atoms with Gasteiger partial charge in [0.05, 0.1) is 24.4 Å². The van der Waals surface area contributed by atoms with Crippen molar-refractivity contribution in [2.75, 3.05) is 49.1 Å². The van der Waals surface area contributed by atoms with Crippen LogP contribution in [0.15, 0.2) is 49.1 Å². The Hall–Kier alpha value is -4.30. The zero-order valence-corrected chi connectivity index (χ0v) is 27.1. The molecule has 1 saturated carbocycles. The van der Waals surface area contributed by atoms with Crippen LogP contribution in [0.3, 0.4) is 0 Å². The van der Waals surface area contributed by atoms with Crippen molar-refractivity contribution in [3.8, 4) is 6.01 Å². The van der Waals surface area contributed by atoms with Crippen LogP contribution in [0.1, 0.15) is 49.4 Å². The standard InChI is InChI=1S/C36H42F2N6O3/c1-5-32(45)44-19-18-43(21-27(44)20-39-4)34-29-14-17-42(31-11-7-10-26-9-6-8-24(2)33(26)31)22-30(29)40-35(41-34)46-23-25(3)47-28-12-15-36(37,38)16-13-28/h5-11,25,27-28H,1,12-23H2,2-3H3/t25-,27-/m0/s1. The molecule has 47 heavy (non-hydrogen) atoms. The van der Waals surface area contributed by atoms with Gasteiger partial charge in [-0.15, -0.1) is 0 Å². The first-order chi connectivity index (χ1) is 22.7. The normalized spacial score (nSPS) is 20.4. The van der Waals surface area contributed by atoms with Gasteiger partial charge in [0, 0.05) is 55.7 Å². The summed E-state index contributed by atoms with van der Waals surface area (Å²) < 4.78 is 39.5. The van der Waals surface area contributed by atoms with Crippen LogP contribution in [0, 0.1) is 13.5 Å². The number of benzene rings is 2. The molecule has 0 radical (unpaired) electrons. The number of alkyl halides is 2. The van der Waals surface area contributed by atoms with Crippen LogP contribution in [0.2, 0.25) is 0 Å². The lowest BCUT2D eigenvalue weighted by molar-refractivity contribution is -0.128. The quantitative estimate of drug-likeness (QED) is 0.210. The van der Waals surface area contributed by atoms with Crippen molar-refractivity contribution >= 4 is 28.2 Å². The molecule has 0 unspecified atom stereocenters. The molecule has 11 heteroatoms. The third-order valence-electron chi connectivity index (χ3n) is 9.53. The monoisotopic (exact) mass is 644 g/mol. The molecule has 1 aliphatic carbocycles. The number of anilines is 2. The predicted octanol–water partition coefficient (Wildman–Crippen LogP) is 5.99. The molecule has 0 bridgehead atoms. The van der Waals surface area contributed by atoms with Gasteiger partial charge in [0.15, 0.2) is 0 Å². The highest BCUT2D eigenvalue weighted by Gasteiger charge is 2.37. The lowest BCUT2D eigenvalue weighted by Crippen LogP contribution is -2.56. The summed E-state index contributed by atoms with van der Waals surface area (Å²) in [6.45, 7) is 18.3. The fourth-order valence-corrected chi connectivity index (χ4v) is 7.12. The molecular weight excluding hydrogens is 602 g/mol. The summed E-state index contributed by atoms with van der Waals surface area (Å²) in [5.74, 6) is -2.02. The second-order valence-electron chi connectivity index (χ2n) is 12.9. The Bertz CT molecular complexity index is 1660. The topological polar surface area (TPSA) is 75.4 Å². The van der Waals surface area contributed by atoms with Gasteiger partial charge in [-0.25, -0.2) is 15.4 Å². The number of hydrogen-bond acceptors (Lipinski definition) is 7. The van der Waals surface area contributed by atoms with E-state index < -0.39 is 5.92 Å². The van der Waals surface area contributed by atoms with Crippen LogP contribution in [0.25, 0.3) is 15.6 Å². The largest absolute Gasteiger partial charge is 0.461 e. The predicted molar refractivity (Wildman–Crippen MR) is 178 cm³/mol. The zero-order chi connectivity index (χ0) is 33.1. The van der Waals surface area contributed by atoms with Gasteiger partial charge in [-0.3, -0.25) is 4.79 Å². The van der Waals surface area contributed by atoms with Gasteiger partial charge in [0.25, 0.3) is 0 Å². The highest BCUT2D eigenvalue weighted by atomic mass is 19.3. The summed E-state index contributed by atoms with van der Waals surface area (Å²) in [4.78, 5) is 32.2. The van der Waals surface area contributed by atoms with Crippen LogP contribution in [-0.4, -0.2) is 84.3 Å². The number of hydrogen-bond donors (Lipinski definition) is 0. The molecular formula is C36H42F2N6O3. The molecule has 1 aromatic heterocycles. The number of aryl methyl sites for hydroxylation is 1. The molecule has 6 rings (SSSR count). The molecule has 2 aromatic carbocycles. The first-order valence-corrected chi connectivity index (χ1v) is 16.5. The maximum Gasteiger partial charge on any atom is 0.318 e. The number of piperazine rings is 1. The van der Waals surface area contributed by atoms with Crippen LogP contribution in [-0.2, 0) is 22.5 Å². The first kappa shape index (κ1) is 32.6. The van der Waals surface area contributed by atoms with Gasteiger partial charge in [0.1, 0.15) is 18.5 Å². The van der Waals surface area contributed by atoms with E-state index in [1.807, 2.05) is 6.92 Å². The molecule has 3 aliphatic rings. The average molecular weight is 645 g/mol. The Morgan fingerprint density at radius 2 is 1.91 bits per heavy atom. The second kappa shape index (κ2) is 13.8. The SMILES string of the molecule is [C-]#[N+]C[C@H]1CN(c2nc(OC[C@H](C)OC3CCC(F)(F)CC3)nc3c2CCN(c2cccc4cccc(C)c24)C3)CCN1C(=O)C=C. The minimum absolute atomic E-state index is 0.157. The smallest absolute Gasteiger partial charge is 0.318 e. The molecule has 1 amide bonds. The van der Waals surface area contributed by atoms with E-state index >= 15 is 0 Å². The molecule has 0 spiro atoms. The third-order valence-corrected chi connectivity index (χ3v) is 9.53. The second-order valence-corrected chi connectivity index (χ2v) is 12.9. The molecule has 3 aromatic rings. The lowest BCUT2D eigenvalue weighted by atomic mass is 9.94. The van der Waals surface area contributed by atoms with Crippen molar-refractivity contribution in [3.63, 3.8) is 0 Å². The van der Waals surface area contributed by atoms with Crippen LogP contribution in [0.4, 0.5) is 20.3 Å². The highest BCUT2D eigenvalue weighted by Crippen LogP contribution is 2.37. The Kier molecular flexibility index (Phi) is 9.60. The van der Waals surface area contributed by atoms with Crippen molar-refractivity contribution in [1.82, 2.24) is 14.9 Å². The summed E-state index contributed by atoms with van der Waals surface area (Å²) in [5.41, 5.74) is 4.28. The summed E-state index contributed by atoms with van der Waals surface area (Å²) in [6, 6.07) is 12.7. The maximum absolute atomic E-state index is 13.7. The third kappa shape index (κ3) is 7.18. The van der Waals surface area contributed by atoms with E-state index in [0.29, 0.717) is 39.0 Å². The van der Waals surface area contributed by atoms with E-state index in [-0.39, 0.29) is 56.2 Å². The molecule has 2 atom stereocenters. The molecule has 248 valence electrons. The van der Waals surface area contributed by atoms with Crippen molar-refractivity contribution in [3.05, 3.63) is 77.3 Å². The summed E-state index contributed by atoms with van der Waals surface area (Å²) in [7, 11) is 0. The van der Waals surface area contributed by atoms with E-state index in [2.05, 4.69) is 64.5 Å². The van der Waals surface area contributed by atoms with Crippen LogP contribution >= 0.6 is 0 Å². The lowest BCUT2D eigenvalue weighted by Gasteiger charge is -2.41. The number of amides is 1. The van der Waals surface area contributed by atoms with Gasteiger partial charge in [0.2, 0.25) is 18.4 Å². The molecule has 3 heterocycles. The van der Waals surface area contributed by atoms with E-state index in [9.17, 15) is 13.6 Å². The number of carbonyl (C=O) groups is 1. The van der Waals surface area contributed by atoms with Gasteiger partial charge < -0.3 is 29.0 Å². The Morgan fingerprint density at radius 3 is 2.66 bits per heavy atom. The summed E-state index contributed by atoms with van der Waals surface area (Å²) in [6.07, 6.45) is 1.81. The highest BCUT2D eigenvalue weighted by molar-refractivity contribution is 5.97. The van der Waals surface area contributed by atoms with E-state index in [0.717, 1.165) is 35.7 Å². The van der Waals surface area contributed by atoms with E-state index in [1.165, 1.54) is 22.4 Å². The van der Waals surface area contributed by atoms with Crippen LogP contribution in [0.5, 0.6) is 6.01 Å². The van der Waals surface area contributed by atoms with Gasteiger partial charge >= 0.3 is 6.01 Å². The number of fused-ring (bicyclic) bond motifs is 2.